The lowest BCUT2D eigenvalue weighted by molar-refractivity contribution is -0.113. The minimum absolute atomic E-state index is 0.0813. The molecule has 0 saturated heterocycles. The van der Waals surface area contributed by atoms with E-state index in [1.807, 2.05) is 0 Å². The molecule has 1 aliphatic carbocycles. The van der Waals surface area contributed by atoms with Crippen molar-refractivity contribution in [1.82, 2.24) is 5.32 Å². The van der Waals surface area contributed by atoms with Gasteiger partial charge in [0.1, 0.15) is 5.82 Å². The highest BCUT2D eigenvalue weighted by Crippen LogP contribution is 2.20. The molecule has 2 N–H and O–H groups in total. The normalized spacial score (nSPS) is 13.4. The first-order valence-corrected chi connectivity index (χ1v) is 8.68. The quantitative estimate of drug-likeness (QED) is 0.789. The van der Waals surface area contributed by atoms with Crippen molar-refractivity contribution < 1.29 is 14.0 Å². The van der Waals surface area contributed by atoms with Crippen LogP contribution in [0.5, 0.6) is 0 Å². The second kappa shape index (κ2) is 7.49. The van der Waals surface area contributed by atoms with Crippen LogP contribution in [0.3, 0.4) is 0 Å². The molecule has 1 aliphatic rings. The van der Waals surface area contributed by atoms with Crippen molar-refractivity contribution in [3.8, 4) is 0 Å². The Bertz CT molecular complexity index is 728. The molecule has 0 heterocycles. The van der Waals surface area contributed by atoms with E-state index < -0.39 is 0 Å². The SMILES string of the molecule is O=C(CSc1ccc(F)cc1)Nc1ccc(C(=O)NC2CC2)cc1. The summed E-state index contributed by atoms with van der Waals surface area (Å²) in [6.07, 6.45) is 2.09. The summed E-state index contributed by atoms with van der Waals surface area (Å²) in [5, 5.41) is 5.69. The first-order valence-electron chi connectivity index (χ1n) is 7.69. The van der Waals surface area contributed by atoms with E-state index >= 15 is 0 Å². The number of rotatable bonds is 6. The van der Waals surface area contributed by atoms with E-state index in [2.05, 4.69) is 10.6 Å². The van der Waals surface area contributed by atoms with Crippen molar-refractivity contribution in [2.75, 3.05) is 11.1 Å². The molecule has 6 heteroatoms. The van der Waals surface area contributed by atoms with Gasteiger partial charge in [-0.3, -0.25) is 9.59 Å². The third-order valence-corrected chi connectivity index (χ3v) is 4.54. The summed E-state index contributed by atoms with van der Waals surface area (Å²) in [6, 6.07) is 13.1. The lowest BCUT2D eigenvalue weighted by Crippen LogP contribution is -2.25. The summed E-state index contributed by atoms with van der Waals surface area (Å²) in [6.45, 7) is 0. The lowest BCUT2D eigenvalue weighted by atomic mass is 10.2. The van der Waals surface area contributed by atoms with Crippen LogP contribution in [0.4, 0.5) is 10.1 Å². The largest absolute Gasteiger partial charge is 0.349 e. The molecule has 0 aliphatic heterocycles. The van der Waals surface area contributed by atoms with Gasteiger partial charge >= 0.3 is 0 Å². The highest BCUT2D eigenvalue weighted by molar-refractivity contribution is 8.00. The van der Waals surface area contributed by atoms with Crippen LogP contribution < -0.4 is 10.6 Å². The van der Waals surface area contributed by atoms with E-state index in [1.165, 1.54) is 23.9 Å². The molecular weight excluding hydrogens is 327 g/mol. The predicted octanol–water partition coefficient (Wildman–Crippen LogP) is 3.45. The molecule has 0 atom stereocenters. The van der Waals surface area contributed by atoms with Gasteiger partial charge in [-0.15, -0.1) is 11.8 Å². The number of benzene rings is 2. The molecule has 2 amide bonds. The van der Waals surface area contributed by atoms with Crippen molar-refractivity contribution >= 4 is 29.3 Å². The fourth-order valence-corrected chi connectivity index (χ4v) is 2.78. The summed E-state index contributed by atoms with van der Waals surface area (Å²) in [5.74, 6) is -0.299. The number of carbonyl (C=O) groups excluding carboxylic acids is 2. The Morgan fingerprint density at radius 3 is 2.33 bits per heavy atom. The molecule has 0 spiro atoms. The van der Waals surface area contributed by atoms with Gasteiger partial charge in [-0.05, 0) is 61.4 Å². The molecule has 2 aromatic rings. The average molecular weight is 344 g/mol. The zero-order valence-corrected chi connectivity index (χ0v) is 13.7. The second-order valence-electron chi connectivity index (χ2n) is 5.62. The van der Waals surface area contributed by atoms with Crippen LogP contribution in [0.1, 0.15) is 23.2 Å². The fraction of sp³-hybridized carbons (Fsp3) is 0.222. The Morgan fingerprint density at radius 1 is 1.04 bits per heavy atom. The molecule has 124 valence electrons. The molecule has 4 nitrogen and oxygen atoms in total. The Balaban J connectivity index is 1.48. The highest BCUT2D eigenvalue weighted by Gasteiger charge is 2.23. The number of amides is 2. The second-order valence-corrected chi connectivity index (χ2v) is 6.66. The summed E-state index contributed by atoms with van der Waals surface area (Å²) in [4.78, 5) is 24.7. The predicted molar refractivity (Wildman–Crippen MR) is 92.7 cm³/mol. The number of halogens is 1. The third kappa shape index (κ3) is 4.83. The molecule has 1 saturated carbocycles. The third-order valence-electron chi connectivity index (χ3n) is 3.53. The van der Waals surface area contributed by atoms with Crippen LogP contribution in [0.15, 0.2) is 53.4 Å². The van der Waals surface area contributed by atoms with Gasteiger partial charge in [0.15, 0.2) is 0 Å². The molecule has 0 aromatic heterocycles. The summed E-state index contributed by atoms with van der Waals surface area (Å²) < 4.78 is 12.8. The lowest BCUT2D eigenvalue weighted by Gasteiger charge is -2.07. The zero-order valence-electron chi connectivity index (χ0n) is 12.9. The average Bonchev–Trinajstić information content (AvgIpc) is 3.39. The van der Waals surface area contributed by atoms with Crippen molar-refractivity contribution in [3.63, 3.8) is 0 Å². The van der Waals surface area contributed by atoms with Gasteiger partial charge in [0.25, 0.3) is 5.91 Å². The van der Waals surface area contributed by atoms with Crippen LogP contribution in [0, 0.1) is 5.82 Å². The van der Waals surface area contributed by atoms with Crippen molar-refractivity contribution in [2.45, 2.75) is 23.8 Å². The minimum atomic E-state index is -0.297. The van der Waals surface area contributed by atoms with Crippen LogP contribution >= 0.6 is 11.8 Å². The van der Waals surface area contributed by atoms with E-state index in [0.717, 1.165) is 17.7 Å². The Kier molecular flexibility index (Phi) is 5.15. The van der Waals surface area contributed by atoms with Gasteiger partial charge in [0, 0.05) is 22.2 Å². The number of thioether (sulfide) groups is 1. The number of carbonyl (C=O) groups is 2. The monoisotopic (exact) mass is 344 g/mol. The maximum atomic E-state index is 12.8. The van der Waals surface area contributed by atoms with E-state index in [9.17, 15) is 14.0 Å². The number of hydrogen-bond acceptors (Lipinski definition) is 3. The van der Waals surface area contributed by atoms with Crippen molar-refractivity contribution in [2.24, 2.45) is 0 Å². The van der Waals surface area contributed by atoms with E-state index in [4.69, 9.17) is 0 Å². The summed E-state index contributed by atoms with van der Waals surface area (Å²) in [7, 11) is 0. The molecule has 2 aromatic carbocycles. The van der Waals surface area contributed by atoms with Gasteiger partial charge in [-0.25, -0.2) is 4.39 Å². The van der Waals surface area contributed by atoms with Gasteiger partial charge in [0.2, 0.25) is 5.91 Å². The minimum Gasteiger partial charge on any atom is -0.349 e. The first-order chi connectivity index (χ1) is 11.6. The van der Waals surface area contributed by atoms with Crippen molar-refractivity contribution in [1.29, 1.82) is 0 Å². The van der Waals surface area contributed by atoms with Gasteiger partial charge in [-0.1, -0.05) is 0 Å². The maximum Gasteiger partial charge on any atom is 0.251 e. The Morgan fingerprint density at radius 2 is 1.71 bits per heavy atom. The van der Waals surface area contributed by atoms with Crippen molar-refractivity contribution in [3.05, 3.63) is 59.9 Å². The smallest absolute Gasteiger partial charge is 0.251 e. The number of nitrogens with one attached hydrogen (secondary N) is 2. The maximum absolute atomic E-state index is 12.8. The molecule has 1 fully saturated rings. The topological polar surface area (TPSA) is 58.2 Å². The molecule has 0 radical (unpaired) electrons. The number of anilines is 1. The number of hydrogen-bond donors (Lipinski definition) is 2. The molecule has 3 rings (SSSR count). The van der Waals surface area contributed by atoms with E-state index in [1.54, 1.807) is 36.4 Å². The van der Waals surface area contributed by atoms with Crippen LogP contribution in [-0.2, 0) is 4.79 Å². The zero-order chi connectivity index (χ0) is 16.9. The standard InChI is InChI=1S/C18H17FN2O2S/c19-13-3-9-16(10-4-13)24-11-17(22)20-14-5-1-12(2-6-14)18(23)21-15-7-8-15/h1-6,9-10,15H,7-8,11H2,(H,20,22)(H,21,23). The van der Waals surface area contributed by atoms with E-state index in [-0.39, 0.29) is 23.4 Å². The Labute approximate surface area is 143 Å². The molecule has 24 heavy (non-hydrogen) atoms. The molecular formula is C18H17FN2O2S. The van der Waals surface area contributed by atoms with Crippen LogP contribution in [0.25, 0.3) is 0 Å². The van der Waals surface area contributed by atoms with E-state index in [0.29, 0.717) is 17.3 Å². The summed E-state index contributed by atoms with van der Waals surface area (Å²) in [5.41, 5.74) is 1.23. The molecule has 0 bridgehead atoms. The fourth-order valence-electron chi connectivity index (χ4n) is 2.08. The van der Waals surface area contributed by atoms with Gasteiger partial charge < -0.3 is 10.6 Å². The van der Waals surface area contributed by atoms with Gasteiger partial charge in [-0.2, -0.15) is 0 Å². The summed E-state index contributed by atoms with van der Waals surface area (Å²) >= 11 is 1.34. The van der Waals surface area contributed by atoms with Crippen LogP contribution in [-0.4, -0.2) is 23.6 Å². The Hall–Kier alpha value is -2.34. The first kappa shape index (κ1) is 16.5. The highest BCUT2D eigenvalue weighted by atomic mass is 32.2. The van der Waals surface area contributed by atoms with Crippen LogP contribution in [0.2, 0.25) is 0 Å². The molecule has 0 unspecified atom stereocenters. The van der Waals surface area contributed by atoms with Gasteiger partial charge in [0.05, 0.1) is 5.75 Å².